The molecule has 1 saturated carbocycles. The van der Waals surface area contributed by atoms with Crippen molar-refractivity contribution >= 4 is 23.6 Å². The van der Waals surface area contributed by atoms with E-state index in [1.807, 2.05) is 48.5 Å². The van der Waals surface area contributed by atoms with Gasteiger partial charge >= 0.3 is 0 Å². The van der Waals surface area contributed by atoms with Gasteiger partial charge < -0.3 is 10.4 Å². The Morgan fingerprint density at radius 3 is 2.50 bits per heavy atom. The molecule has 0 heterocycles. The van der Waals surface area contributed by atoms with Crippen LogP contribution in [0.5, 0.6) is 0 Å². The largest absolute Gasteiger partial charge is 0.383 e. The third-order valence-corrected chi connectivity index (χ3v) is 4.72. The molecule has 0 saturated heterocycles. The summed E-state index contributed by atoms with van der Waals surface area (Å²) in [6.07, 6.45) is 5.09. The Labute approximate surface area is 147 Å². The number of benzene rings is 2. The first-order valence-corrected chi connectivity index (χ1v) is 8.46. The predicted molar refractivity (Wildman–Crippen MR) is 96.6 cm³/mol. The van der Waals surface area contributed by atoms with E-state index in [-0.39, 0.29) is 18.4 Å². The molecule has 124 valence electrons. The molecule has 2 aromatic rings. The van der Waals surface area contributed by atoms with Gasteiger partial charge in [-0.15, -0.1) is 0 Å². The molecule has 0 bridgehead atoms. The van der Waals surface area contributed by atoms with Crippen LogP contribution in [0.3, 0.4) is 0 Å². The molecule has 3 rings (SSSR count). The van der Waals surface area contributed by atoms with Gasteiger partial charge in [-0.2, -0.15) is 0 Å². The molecule has 1 fully saturated rings. The average Bonchev–Trinajstić information content (AvgIpc) is 3.45. The van der Waals surface area contributed by atoms with Crippen LogP contribution in [0.2, 0.25) is 5.02 Å². The lowest BCUT2D eigenvalue weighted by molar-refractivity contribution is -0.118. The number of hydrogen-bond acceptors (Lipinski definition) is 2. The van der Waals surface area contributed by atoms with Crippen LogP contribution in [0.1, 0.15) is 24.0 Å². The van der Waals surface area contributed by atoms with E-state index in [0.717, 1.165) is 24.0 Å². The molecule has 2 aromatic carbocycles. The number of amides is 1. The summed E-state index contributed by atoms with van der Waals surface area (Å²) in [5.41, 5.74) is 0.632. The molecule has 0 aliphatic heterocycles. The molecule has 0 spiro atoms. The Hall–Kier alpha value is -2.10. The molecule has 2 N–H and O–H groups in total. The standard InChI is InChI=1S/C20H20ClNO2/c21-18-9-5-4-6-15(18)10-13-19(23)22-14-20(24,17-11-12-17)16-7-2-1-3-8-16/h1-10,13,17,24H,11-12,14H2,(H,22,23). The molecule has 3 nitrogen and oxygen atoms in total. The van der Waals surface area contributed by atoms with Crippen molar-refractivity contribution in [2.24, 2.45) is 5.92 Å². The number of nitrogens with one attached hydrogen (secondary N) is 1. The third kappa shape index (κ3) is 3.86. The number of halogens is 1. The number of hydrogen-bond donors (Lipinski definition) is 2. The van der Waals surface area contributed by atoms with Crippen LogP contribution >= 0.6 is 11.6 Å². The fourth-order valence-electron chi connectivity index (χ4n) is 2.83. The van der Waals surface area contributed by atoms with E-state index < -0.39 is 5.60 Å². The molecule has 0 aromatic heterocycles. The van der Waals surface area contributed by atoms with Crippen molar-refractivity contribution in [2.45, 2.75) is 18.4 Å². The molecule has 1 atom stereocenters. The Balaban J connectivity index is 1.65. The highest BCUT2D eigenvalue weighted by molar-refractivity contribution is 6.32. The smallest absolute Gasteiger partial charge is 0.244 e. The number of carbonyl (C=O) groups excluding carboxylic acids is 1. The summed E-state index contributed by atoms with van der Waals surface area (Å²) in [6.45, 7) is 0.202. The van der Waals surface area contributed by atoms with Crippen molar-refractivity contribution < 1.29 is 9.90 Å². The minimum Gasteiger partial charge on any atom is -0.383 e. The second-order valence-electron chi connectivity index (χ2n) is 6.14. The maximum atomic E-state index is 12.1. The zero-order valence-corrected chi connectivity index (χ0v) is 14.0. The van der Waals surface area contributed by atoms with Gasteiger partial charge in [0.1, 0.15) is 5.60 Å². The fourth-order valence-corrected chi connectivity index (χ4v) is 3.03. The highest BCUT2D eigenvalue weighted by Gasteiger charge is 2.45. The molecular formula is C20H20ClNO2. The van der Waals surface area contributed by atoms with Gasteiger partial charge in [0.25, 0.3) is 0 Å². The number of carbonyl (C=O) groups is 1. The molecule has 1 aliphatic carbocycles. The SMILES string of the molecule is O=C(C=Cc1ccccc1Cl)NCC(O)(c1ccccc1)C1CC1. The van der Waals surface area contributed by atoms with E-state index in [0.29, 0.717) is 5.02 Å². The minimum absolute atomic E-state index is 0.202. The van der Waals surface area contributed by atoms with Gasteiger partial charge in [0.2, 0.25) is 5.91 Å². The summed E-state index contributed by atoms with van der Waals surface area (Å²) in [6, 6.07) is 16.9. The van der Waals surface area contributed by atoms with Gasteiger partial charge in [0.05, 0.1) is 6.54 Å². The van der Waals surface area contributed by atoms with E-state index in [1.165, 1.54) is 6.08 Å². The fraction of sp³-hybridized carbons (Fsp3) is 0.250. The van der Waals surface area contributed by atoms with E-state index in [2.05, 4.69) is 5.32 Å². The molecule has 24 heavy (non-hydrogen) atoms. The first-order valence-electron chi connectivity index (χ1n) is 8.08. The van der Waals surface area contributed by atoms with Crippen LogP contribution in [-0.4, -0.2) is 17.6 Å². The lowest BCUT2D eigenvalue weighted by Gasteiger charge is -2.29. The van der Waals surface area contributed by atoms with Crippen molar-refractivity contribution in [3.8, 4) is 0 Å². The Bertz CT molecular complexity index is 740. The number of rotatable bonds is 6. The second-order valence-corrected chi connectivity index (χ2v) is 6.54. The highest BCUT2D eigenvalue weighted by atomic mass is 35.5. The maximum Gasteiger partial charge on any atom is 0.244 e. The summed E-state index contributed by atoms with van der Waals surface area (Å²) in [4.78, 5) is 12.1. The molecule has 1 aliphatic rings. The van der Waals surface area contributed by atoms with Crippen LogP contribution in [0.4, 0.5) is 0 Å². The zero-order chi connectivity index (χ0) is 17.0. The Morgan fingerprint density at radius 2 is 1.83 bits per heavy atom. The van der Waals surface area contributed by atoms with Crippen LogP contribution in [0.15, 0.2) is 60.7 Å². The van der Waals surface area contributed by atoms with Crippen molar-refractivity contribution in [3.05, 3.63) is 76.8 Å². The van der Waals surface area contributed by atoms with Gasteiger partial charge in [0, 0.05) is 11.1 Å². The normalized spacial score (nSPS) is 16.8. The Morgan fingerprint density at radius 1 is 1.17 bits per heavy atom. The molecule has 1 unspecified atom stereocenters. The maximum absolute atomic E-state index is 12.1. The third-order valence-electron chi connectivity index (χ3n) is 4.38. The molecule has 0 radical (unpaired) electrons. The zero-order valence-electron chi connectivity index (χ0n) is 13.3. The van der Waals surface area contributed by atoms with Crippen molar-refractivity contribution in [1.29, 1.82) is 0 Å². The van der Waals surface area contributed by atoms with Gasteiger partial charge in [-0.05, 0) is 42.0 Å². The topological polar surface area (TPSA) is 49.3 Å². The predicted octanol–water partition coefficient (Wildman–Crippen LogP) is 3.77. The van der Waals surface area contributed by atoms with Gasteiger partial charge in [0.15, 0.2) is 0 Å². The summed E-state index contributed by atoms with van der Waals surface area (Å²) >= 11 is 6.06. The molecule has 4 heteroatoms. The summed E-state index contributed by atoms with van der Waals surface area (Å²) < 4.78 is 0. The average molecular weight is 342 g/mol. The van der Waals surface area contributed by atoms with Crippen LogP contribution < -0.4 is 5.32 Å². The number of aliphatic hydroxyl groups is 1. The van der Waals surface area contributed by atoms with Gasteiger partial charge in [-0.1, -0.05) is 60.1 Å². The monoisotopic (exact) mass is 341 g/mol. The van der Waals surface area contributed by atoms with Crippen molar-refractivity contribution in [3.63, 3.8) is 0 Å². The minimum atomic E-state index is -1.00. The van der Waals surface area contributed by atoms with Crippen molar-refractivity contribution in [2.75, 3.05) is 6.54 Å². The summed E-state index contributed by atoms with van der Waals surface area (Å²) in [7, 11) is 0. The summed E-state index contributed by atoms with van der Waals surface area (Å²) in [5.74, 6) is -0.0438. The van der Waals surface area contributed by atoms with Crippen LogP contribution in [-0.2, 0) is 10.4 Å². The van der Waals surface area contributed by atoms with E-state index in [4.69, 9.17) is 11.6 Å². The van der Waals surface area contributed by atoms with Crippen molar-refractivity contribution in [1.82, 2.24) is 5.32 Å². The van der Waals surface area contributed by atoms with E-state index >= 15 is 0 Å². The molecule has 1 amide bonds. The quantitative estimate of drug-likeness (QED) is 0.786. The van der Waals surface area contributed by atoms with Crippen LogP contribution in [0.25, 0.3) is 6.08 Å². The van der Waals surface area contributed by atoms with Crippen LogP contribution in [0, 0.1) is 5.92 Å². The highest BCUT2D eigenvalue weighted by Crippen LogP contribution is 2.45. The van der Waals surface area contributed by atoms with E-state index in [9.17, 15) is 9.90 Å². The van der Waals surface area contributed by atoms with E-state index in [1.54, 1.807) is 12.1 Å². The first kappa shape index (κ1) is 16.7. The lowest BCUT2D eigenvalue weighted by atomic mass is 9.88. The molecular weight excluding hydrogens is 322 g/mol. The Kier molecular flexibility index (Phi) is 5.03. The first-order chi connectivity index (χ1) is 11.6. The second kappa shape index (κ2) is 7.20. The summed E-state index contributed by atoms with van der Waals surface area (Å²) in [5, 5.41) is 14.5. The lowest BCUT2D eigenvalue weighted by Crippen LogP contribution is -2.42. The van der Waals surface area contributed by atoms with Gasteiger partial charge in [-0.25, -0.2) is 0 Å². The van der Waals surface area contributed by atoms with Gasteiger partial charge in [-0.3, -0.25) is 4.79 Å².